The van der Waals surface area contributed by atoms with Crippen LogP contribution in [0.1, 0.15) is 10.5 Å². The van der Waals surface area contributed by atoms with Gasteiger partial charge in [-0.05, 0) is 11.4 Å². The van der Waals surface area contributed by atoms with Gasteiger partial charge in [0.15, 0.2) is 0 Å². The molecule has 6 heteroatoms. The van der Waals surface area contributed by atoms with Crippen molar-refractivity contribution in [2.45, 2.75) is 0 Å². The SMILES string of the molecule is Nc1onc(C(=O)O)c1-c1cccs1. The second-order valence-electron chi connectivity index (χ2n) is 2.55. The number of nitrogens with zero attached hydrogens (tertiary/aromatic N) is 1. The molecule has 2 aromatic rings. The molecule has 3 N–H and O–H groups in total. The molecule has 0 spiro atoms. The number of nitrogens with two attached hydrogens (primary N) is 1. The molecular formula is C8H6N2O3S. The summed E-state index contributed by atoms with van der Waals surface area (Å²) in [5.74, 6) is -1.11. The van der Waals surface area contributed by atoms with Gasteiger partial charge in [0, 0.05) is 4.88 Å². The van der Waals surface area contributed by atoms with Gasteiger partial charge < -0.3 is 15.4 Å². The summed E-state index contributed by atoms with van der Waals surface area (Å²) in [6.07, 6.45) is 0. The fraction of sp³-hybridized carbons (Fsp3) is 0. The number of aromatic nitrogens is 1. The molecule has 5 nitrogen and oxygen atoms in total. The Balaban J connectivity index is 2.62. The summed E-state index contributed by atoms with van der Waals surface area (Å²) in [6, 6.07) is 3.57. The number of carboxylic acids is 1. The average molecular weight is 210 g/mol. The fourth-order valence-electron chi connectivity index (χ4n) is 1.11. The van der Waals surface area contributed by atoms with Gasteiger partial charge in [-0.2, -0.15) is 0 Å². The lowest BCUT2D eigenvalue weighted by molar-refractivity contribution is 0.0686. The summed E-state index contributed by atoms with van der Waals surface area (Å²) in [6.45, 7) is 0. The van der Waals surface area contributed by atoms with Crippen molar-refractivity contribution in [2.75, 3.05) is 5.73 Å². The normalized spacial score (nSPS) is 10.3. The number of rotatable bonds is 2. The van der Waals surface area contributed by atoms with Crippen LogP contribution in [0.5, 0.6) is 0 Å². The lowest BCUT2D eigenvalue weighted by atomic mass is 10.2. The summed E-state index contributed by atoms with van der Waals surface area (Å²) < 4.78 is 4.63. The molecular weight excluding hydrogens is 204 g/mol. The van der Waals surface area contributed by atoms with Crippen molar-refractivity contribution >= 4 is 23.2 Å². The molecule has 0 aliphatic heterocycles. The Kier molecular flexibility index (Phi) is 1.97. The van der Waals surface area contributed by atoms with Crippen LogP contribution >= 0.6 is 11.3 Å². The van der Waals surface area contributed by atoms with Crippen LogP contribution in [0.4, 0.5) is 5.88 Å². The minimum atomic E-state index is -1.14. The molecule has 14 heavy (non-hydrogen) atoms. The molecule has 72 valence electrons. The van der Waals surface area contributed by atoms with Crippen molar-refractivity contribution in [3.63, 3.8) is 0 Å². The van der Waals surface area contributed by atoms with Gasteiger partial charge in [0.2, 0.25) is 11.6 Å². The number of hydrogen-bond donors (Lipinski definition) is 2. The Labute approximate surface area is 82.8 Å². The van der Waals surface area contributed by atoms with Crippen LogP contribution in [-0.2, 0) is 0 Å². The van der Waals surface area contributed by atoms with Gasteiger partial charge in [-0.15, -0.1) is 11.3 Å². The Bertz CT molecular complexity index is 461. The standard InChI is InChI=1S/C8H6N2O3S/c9-7-5(4-2-1-3-14-4)6(8(11)12)10-13-7/h1-3H,9H2,(H,11,12). The third-order valence-electron chi connectivity index (χ3n) is 1.69. The topological polar surface area (TPSA) is 89.4 Å². The number of hydrogen-bond acceptors (Lipinski definition) is 5. The first-order valence-corrected chi connectivity index (χ1v) is 4.60. The predicted molar refractivity (Wildman–Crippen MR) is 51.2 cm³/mol. The minimum absolute atomic E-state index is 0.0323. The Morgan fingerprint density at radius 2 is 2.43 bits per heavy atom. The number of aromatic carboxylic acids is 1. The highest BCUT2D eigenvalue weighted by Crippen LogP contribution is 2.32. The quantitative estimate of drug-likeness (QED) is 0.787. The minimum Gasteiger partial charge on any atom is -0.476 e. The smallest absolute Gasteiger partial charge is 0.358 e. The summed E-state index contributed by atoms with van der Waals surface area (Å²) in [5.41, 5.74) is 5.69. The van der Waals surface area contributed by atoms with Gasteiger partial charge in [0.1, 0.15) is 0 Å². The molecule has 0 amide bonds. The molecule has 0 aliphatic carbocycles. The number of carboxylic acid groups (broad SMARTS) is 1. The van der Waals surface area contributed by atoms with Crippen molar-refractivity contribution < 1.29 is 14.4 Å². The van der Waals surface area contributed by atoms with Crippen LogP contribution in [-0.4, -0.2) is 16.2 Å². The van der Waals surface area contributed by atoms with Gasteiger partial charge >= 0.3 is 5.97 Å². The maximum absolute atomic E-state index is 10.8. The third-order valence-corrected chi connectivity index (χ3v) is 2.58. The number of carbonyl (C=O) groups is 1. The molecule has 0 saturated heterocycles. The van der Waals surface area contributed by atoms with E-state index in [-0.39, 0.29) is 11.6 Å². The average Bonchev–Trinajstić information content (AvgIpc) is 2.71. The Morgan fingerprint density at radius 1 is 1.64 bits per heavy atom. The second-order valence-corrected chi connectivity index (χ2v) is 3.50. The largest absolute Gasteiger partial charge is 0.476 e. The molecule has 0 radical (unpaired) electrons. The zero-order valence-corrected chi connectivity index (χ0v) is 7.75. The maximum Gasteiger partial charge on any atom is 0.358 e. The monoisotopic (exact) mass is 210 g/mol. The van der Waals surface area contributed by atoms with E-state index in [1.165, 1.54) is 11.3 Å². The summed E-state index contributed by atoms with van der Waals surface area (Å²) in [7, 11) is 0. The van der Waals surface area contributed by atoms with Crippen LogP contribution in [0.25, 0.3) is 10.4 Å². The molecule has 2 heterocycles. The van der Waals surface area contributed by atoms with Gasteiger partial charge in [0.05, 0.1) is 5.56 Å². The lowest BCUT2D eigenvalue weighted by Gasteiger charge is -1.93. The highest BCUT2D eigenvalue weighted by Gasteiger charge is 2.21. The first-order chi connectivity index (χ1) is 6.70. The van der Waals surface area contributed by atoms with Crippen LogP contribution in [0, 0.1) is 0 Å². The zero-order chi connectivity index (χ0) is 10.1. The van der Waals surface area contributed by atoms with Gasteiger partial charge in [0.25, 0.3) is 0 Å². The lowest BCUT2D eigenvalue weighted by Crippen LogP contribution is -1.98. The second kappa shape index (κ2) is 3.15. The van der Waals surface area contributed by atoms with Crippen molar-refractivity contribution in [2.24, 2.45) is 0 Å². The van der Waals surface area contributed by atoms with Crippen molar-refractivity contribution in [1.29, 1.82) is 0 Å². The Morgan fingerprint density at radius 3 is 3.00 bits per heavy atom. The van der Waals surface area contributed by atoms with Gasteiger partial charge in [-0.25, -0.2) is 4.79 Å². The summed E-state index contributed by atoms with van der Waals surface area (Å²) >= 11 is 1.38. The van der Waals surface area contributed by atoms with Gasteiger partial charge in [-0.3, -0.25) is 0 Å². The molecule has 2 aromatic heterocycles. The number of nitrogen functional groups attached to an aromatic ring is 1. The van der Waals surface area contributed by atoms with E-state index in [2.05, 4.69) is 9.68 Å². The fourth-order valence-corrected chi connectivity index (χ4v) is 1.88. The molecule has 0 atom stereocenters. The van der Waals surface area contributed by atoms with Crippen LogP contribution in [0.2, 0.25) is 0 Å². The van der Waals surface area contributed by atoms with Crippen molar-refractivity contribution in [3.8, 4) is 10.4 Å². The van der Waals surface area contributed by atoms with Gasteiger partial charge in [-0.1, -0.05) is 11.2 Å². The molecule has 0 bridgehead atoms. The van der Waals surface area contributed by atoms with Crippen LogP contribution < -0.4 is 5.73 Å². The molecule has 0 fully saturated rings. The summed E-state index contributed by atoms with van der Waals surface area (Å²) in [5, 5.41) is 14.0. The van der Waals surface area contributed by atoms with E-state index in [9.17, 15) is 4.79 Å². The third kappa shape index (κ3) is 1.25. The van der Waals surface area contributed by atoms with Crippen LogP contribution in [0.3, 0.4) is 0 Å². The van der Waals surface area contributed by atoms with E-state index in [0.717, 1.165) is 4.88 Å². The van der Waals surface area contributed by atoms with E-state index in [1.807, 2.05) is 5.38 Å². The summed E-state index contributed by atoms with van der Waals surface area (Å²) in [4.78, 5) is 11.5. The first kappa shape index (κ1) is 8.76. The number of anilines is 1. The van der Waals surface area contributed by atoms with E-state index in [1.54, 1.807) is 12.1 Å². The predicted octanol–water partition coefficient (Wildman–Crippen LogP) is 1.68. The van der Waals surface area contributed by atoms with Crippen molar-refractivity contribution in [1.82, 2.24) is 5.16 Å². The zero-order valence-electron chi connectivity index (χ0n) is 6.93. The van der Waals surface area contributed by atoms with Crippen LogP contribution in [0.15, 0.2) is 22.0 Å². The molecule has 0 unspecified atom stereocenters. The first-order valence-electron chi connectivity index (χ1n) is 3.72. The van der Waals surface area contributed by atoms with E-state index < -0.39 is 5.97 Å². The molecule has 0 aromatic carbocycles. The highest BCUT2D eigenvalue weighted by atomic mass is 32.1. The Hall–Kier alpha value is -1.82. The maximum atomic E-state index is 10.8. The molecule has 0 aliphatic rings. The number of thiophene rings is 1. The van der Waals surface area contributed by atoms with Crippen molar-refractivity contribution in [3.05, 3.63) is 23.2 Å². The molecule has 0 saturated carbocycles. The van der Waals surface area contributed by atoms with E-state index in [4.69, 9.17) is 10.8 Å². The van der Waals surface area contributed by atoms with E-state index in [0.29, 0.717) is 5.56 Å². The molecule has 2 rings (SSSR count). The highest BCUT2D eigenvalue weighted by molar-refractivity contribution is 7.13. The van der Waals surface area contributed by atoms with E-state index >= 15 is 0 Å².